The summed E-state index contributed by atoms with van der Waals surface area (Å²) in [5.74, 6) is 0.722. The van der Waals surface area contributed by atoms with E-state index in [1.54, 1.807) is 0 Å². The number of hydrogen-bond acceptors (Lipinski definition) is 3. The van der Waals surface area contributed by atoms with Crippen LogP contribution in [0, 0.1) is 0 Å². The summed E-state index contributed by atoms with van der Waals surface area (Å²) < 4.78 is 0. The van der Waals surface area contributed by atoms with Gasteiger partial charge in [0.05, 0.1) is 10.7 Å². The van der Waals surface area contributed by atoms with Crippen molar-refractivity contribution in [3.05, 3.63) is 21.7 Å². The zero-order valence-corrected chi connectivity index (χ0v) is 10.6. The minimum absolute atomic E-state index is 0.722. The Labute approximate surface area is 101 Å². The average molecular weight is 234 g/mol. The van der Waals surface area contributed by atoms with Gasteiger partial charge in [0.15, 0.2) is 0 Å². The predicted octanol–water partition coefficient (Wildman–Crippen LogP) is 2.91. The van der Waals surface area contributed by atoms with Crippen LogP contribution in [-0.2, 0) is 6.42 Å². The van der Waals surface area contributed by atoms with E-state index in [0.29, 0.717) is 0 Å². The smallest absolute Gasteiger partial charge is 0.0967 e. The molecule has 0 radical (unpaired) electrons. The van der Waals surface area contributed by atoms with Crippen molar-refractivity contribution in [2.45, 2.75) is 31.6 Å². The number of aryl methyl sites for hydroxylation is 1. The SMILES string of the molecule is CN1CCC(c2nc3c(s2)CCC=C3)CC1. The first-order chi connectivity index (χ1) is 7.83. The topological polar surface area (TPSA) is 16.1 Å². The van der Waals surface area contributed by atoms with Crippen LogP contribution in [0.25, 0.3) is 6.08 Å². The van der Waals surface area contributed by atoms with Crippen LogP contribution in [0.3, 0.4) is 0 Å². The first-order valence-corrected chi connectivity index (χ1v) is 6.99. The number of fused-ring (bicyclic) bond motifs is 1. The Morgan fingerprint density at radius 2 is 2.19 bits per heavy atom. The summed E-state index contributed by atoms with van der Waals surface area (Å²) in [5.41, 5.74) is 1.25. The lowest BCUT2D eigenvalue weighted by Crippen LogP contribution is -2.29. The lowest BCUT2D eigenvalue weighted by Gasteiger charge is -2.27. The van der Waals surface area contributed by atoms with Crippen molar-refractivity contribution in [3.63, 3.8) is 0 Å². The van der Waals surface area contributed by atoms with E-state index in [2.05, 4.69) is 24.1 Å². The van der Waals surface area contributed by atoms with Gasteiger partial charge in [-0.15, -0.1) is 11.3 Å². The van der Waals surface area contributed by atoms with Crippen LogP contribution in [0.15, 0.2) is 6.08 Å². The third-order valence-corrected chi connectivity index (χ3v) is 4.92. The average Bonchev–Trinajstić information content (AvgIpc) is 2.73. The van der Waals surface area contributed by atoms with Crippen LogP contribution in [0.1, 0.15) is 40.8 Å². The maximum absolute atomic E-state index is 4.81. The summed E-state index contributed by atoms with van der Waals surface area (Å²) in [7, 11) is 2.21. The summed E-state index contributed by atoms with van der Waals surface area (Å²) in [4.78, 5) is 8.74. The van der Waals surface area contributed by atoms with Crippen molar-refractivity contribution >= 4 is 17.4 Å². The third-order valence-electron chi connectivity index (χ3n) is 3.63. The summed E-state index contributed by atoms with van der Waals surface area (Å²) in [6.45, 7) is 2.45. The van der Waals surface area contributed by atoms with E-state index in [1.807, 2.05) is 11.3 Å². The second-order valence-corrected chi connectivity index (χ2v) is 5.99. The monoisotopic (exact) mass is 234 g/mol. The lowest BCUT2D eigenvalue weighted by molar-refractivity contribution is 0.255. The van der Waals surface area contributed by atoms with Crippen LogP contribution in [0.4, 0.5) is 0 Å². The fraction of sp³-hybridized carbons (Fsp3) is 0.615. The quantitative estimate of drug-likeness (QED) is 0.743. The van der Waals surface area contributed by atoms with Gasteiger partial charge >= 0.3 is 0 Å². The Bertz CT molecular complexity index is 400. The minimum atomic E-state index is 0.722. The van der Waals surface area contributed by atoms with Gasteiger partial charge in [-0.05, 0) is 51.9 Å². The second kappa shape index (κ2) is 4.30. The van der Waals surface area contributed by atoms with Gasteiger partial charge < -0.3 is 4.90 Å². The zero-order valence-electron chi connectivity index (χ0n) is 9.78. The summed E-state index contributed by atoms with van der Waals surface area (Å²) in [6, 6.07) is 0. The van der Waals surface area contributed by atoms with Crippen LogP contribution < -0.4 is 0 Å². The number of thiazole rings is 1. The fourth-order valence-corrected chi connectivity index (χ4v) is 3.77. The van der Waals surface area contributed by atoms with Crippen LogP contribution in [-0.4, -0.2) is 30.0 Å². The van der Waals surface area contributed by atoms with E-state index in [4.69, 9.17) is 4.98 Å². The third kappa shape index (κ3) is 1.94. The molecule has 0 atom stereocenters. The summed E-state index contributed by atoms with van der Waals surface area (Å²) in [6.07, 6.45) is 9.42. The van der Waals surface area contributed by atoms with Gasteiger partial charge in [-0.3, -0.25) is 0 Å². The molecule has 86 valence electrons. The molecule has 0 spiro atoms. The van der Waals surface area contributed by atoms with Crippen LogP contribution in [0.5, 0.6) is 0 Å². The van der Waals surface area contributed by atoms with Crippen molar-refractivity contribution in [3.8, 4) is 0 Å². The van der Waals surface area contributed by atoms with Crippen molar-refractivity contribution in [1.82, 2.24) is 9.88 Å². The molecular weight excluding hydrogens is 216 g/mol. The van der Waals surface area contributed by atoms with Crippen molar-refractivity contribution < 1.29 is 0 Å². The van der Waals surface area contributed by atoms with Crippen LogP contribution >= 0.6 is 11.3 Å². The Hall–Kier alpha value is -0.670. The molecule has 0 amide bonds. The molecular formula is C13H18N2S. The molecule has 0 saturated carbocycles. The zero-order chi connectivity index (χ0) is 11.0. The fourth-order valence-electron chi connectivity index (χ4n) is 2.53. The molecule has 0 unspecified atom stereocenters. The first kappa shape index (κ1) is 10.5. The van der Waals surface area contributed by atoms with Gasteiger partial charge in [-0.25, -0.2) is 4.98 Å². The van der Waals surface area contributed by atoms with E-state index >= 15 is 0 Å². The van der Waals surface area contributed by atoms with E-state index in [-0.39, 0.29) is 0 Å². The van der Waals surface area contributed by atoms with Crippen molar-refractivity contribution in [1.29, 1.82) is 0 Å². The molecule has 1 aliphatic carbocycles. The molecule has 1 aromatic heterocycles. The highest BCUT2D eigenvalue weighted by atomic mass is 32.1. The van der Waals surface area contributed by atoms with E-state index < -0.39 is 0 Å². The standard InChI is InChI=1S/C13H18N2S/c1-15-8-6-10(7-9-15)13-14-11-4-2-3-5-12(11)16-13/h2,4,10H,3,5-9H2,1H3. The van der Waals surface area contributed by atoms with E-state index in [0.717, 1.165) is 5.92 Å². The molecule has 2 aliphatic rings. The molecule has 16 heavy (non-hydrogen) atoms. The first-order valence-electron chi connectivity index (χ1n) is 6.17. The Morgan fingerprint density at radius 3 is 2.94 bits per heavy atom. The summed E-state index contributed by atoms with van der Waals surface area (Å²) >= 11 is 1.96. The number of rotatable bonds is 1. The normalized spacial score (nSPS) is 22.3. The largest absolute Gasteiger partial charge is 0.306 e. The molecule has 1 fully saturated rings. The van der Waals surface area contributed by atoms with Crippen molar-refractivity contribution in [2.24, 2.45) is 0 Å². The Balaban J connectivity index is 1.79. The molecule has 1 saturated heterocycles. The predicted molar refractivity (Wildman–Crippen MR) is 68.9 cm³/mol. The maximum Gasteiger partial charge on any atom is 0.0967 e. The Morgan fingerprint density at radius 1 is 1.38 bits per heavy atom. The number of nitrogens with zero attached hydrogens (tertiary/aromatic N) is 2. The van der Waals surface area contributed by atoms with Gasteiger partial charge in [0.2, 0.25) is 0 Å². The Kier molecular flexibility index (Phi) is 2.82. The van der Waals surface area contributed by atoms with Gasteiger partial charge in [-0.1, -0.05) is 6.08 Å². The number of likely N-dealkylation sites (tertiary alicyclic amines) is 1. The highest BCUT2D eigenvalue weighted by molar-refractivity contribution is 7.11. The summed E-state index contributed by atoms with van der Waals surface area (Å²) in [5, 5.41) is 1.39. The number of hydrogen-bond donors (Lipinski definition) is 0. The van der Waals surface area contributed by atoms with Crippen molar-refractivity contribution in [2.75, 3.05) is 20.1 Å². The molecule has 0 bridgehead atoms. The van der Waals surface area contributed by atoms with Gasteiger partial charge in [0.25, 0.3) is 0 Å². The van der Waals surface area contributed by atoms with Crippen LogP contribution in [0.2, 0.25) is 0 Å². The van der Waals surface area contributed by atoms with E-state index in [1.165, 1.54) is 54.4 Å². The highest BCUT2D eigenvalue weighted by Gasteiger charge is 2.22. The molecule has 0 aromatic carbocycles. The number of allylic oxidation sites excluding steroid dienone is 1. The minimum Gasteiger partial charge on any atom is -0.306 e. The van der Waals surface area contributed by atoms with Gasteiger partial charge in [0, 0.05) is 10.8 Å². The highest BCUT2D eigenvalue weighted by Crippen LogP contribution is 2.34. The molecule has 1 aromatic rings. The van der Waals surface area contributed by atoms with Gasteiger partial charge in [0.1, 0.15) is 0 Å². The molecule has 3 heteroatoms. The van der Waals surface area contributed by atoms with Gasteiger partial charge in [-0.2, -0.15) is 0 Å². The molecule has 1 aliphatic heterocycles. The molecule has 0 N–H and O–H groups in total. The number of aromatic nitrogens is 1. The molecule has 3 rings (SSSR count). The second-order valence-electron chi connectivity index (χ2n) is 4.88. The molecule has 2 nitrogen and oxygen atoms in total. The van der Waals surface area contributed by atoms with E-state index in [9.17, 15) is 0 Å². The maximum atomic E-state index is 4.81. The molecule has 2 heterocycles. The number of piperidine rings is 1. The lowest BCUT2D eigenvalue weighted by atomic mass is 9.98.